The maximum atomic E-state index is 11.1. The molecule has 0 unspecified atom stereocenters. The molecule has 0 saturated carbocycles. The number of halogens is 1. The second kappa shape index (κ2) is 9.82. The van der Waals surface area contributed by atoms with Gasteiger partial charge in [-0.2, -0.15) is 0 Å². The van der Waals surface area contributed by atoms with Crippen LogP contribution in [0.15, 0.2) is 66.9 Å². The normalized spacial score (nSPS) is 9.74. The van der Waals surface area contributed by atoms with E-state index >= 15 is 0 Å². The maximum Gasteiger partial charge on any atom is 0.219 e. The zero-order chi connectivity index (χ0) is 19.8. The number of carbonyl (C=O) groups is 2. The zero-order valence-electron chi connectivity index (χ0n) is 14.8. The van der Waals surface area contributed by atoms with Crippen LogP contribution in [0.2, 0.25) is 0 Å². The number of hydrogen-bond donors (Lipinski definition) is 1. The van der Waals surface area contributed by atoms with Gasteiger partial charge in [-0.3, -0.25) is 9.59 Å². The number of ketones is 2. The average molecular weight is 475 g/mol. The number of rotatable bonds is 4. The molecule has 0 radical (unpaired) electrons. The molecule has 3 rings (SSSR count). The molecule has 0 amide bonds. The first kappa shape index (κ1) is 20.6. The van der Waals surface area contributed by atoms with Crippen molar-refractivity contribution >= 4 is 34.2 Å². The summed E-state index contributed by atoms with van der Waals surface area (Å²) in [7, 11) is 0. The standard InChI is InChI=1S/C13H10INO2.C8H8O2/c1-9(16)10-2-5-12(6-3-10)17-13-7-4-11(14)8-15-13;1-6(9)7-2-4-8(10)5-3-7/h2-8H,1H3;2-5,10H,1H3. The predicted octanol–water partition coefficient (Wildman–Crippen LogP) is 5.28. The number of carbonyl (C=O) groups excluding carboxylic acids is 2. The summed E-state index contributed by atoms with van der Waals surface area (Å²) in [6.45, 7) is 3.03. The minimum Gasteiger partial charge on any atom is -0.508 e. The lowest BCUT2D eigenvalue weighted by Crippen LogP contribution is -1.92. The van der Waals surface area contributed by atoms with Gasteiger partial charge in [0, 0.05) is 27.0 Å². The number of nitrogens with zero attached hydrogens (tertiary/aromatic N) is 1. The summed E-state index contributed by atoms with van der Waals surface area (Å²) in [6.07, 6.45) is 1.74. The number of benzene rings is 2. The molecule has 0 bridgehead atoms. The van der Waals surface area contributed by atoms with Gasteiger partial charge in [-0.15, -0.1) is 0 Å². The van der Waals surface area contributed by atoms with Crippen molar-refractivity contribution in [1.82, 2.24) is 4.98 Å². The van der Waals surface area contributed by atoms with Gasteiger partial charge in [0.15, 0.2) is 11.6 Å². The zero-order valence-corrected chi connectivity index (χ0v) is 17.0. The molecule has 0 aliphatic carbocycles. The molecule has 5 nitrogen and oxygen atoms in total. The van der Waals surface area contributed by atoms with Crippen LogP contribution in [0.1, 0.15) is 34.6 Å². The Labute approximate surface area is 171 Å². The van der Waals surface area contributed by atoms with E-state index in [4.69, 9.17) is 9.84 Å². The van der Waals surface area contributed by atoms with Gasteiger partial charge in [-0.25, -0.2) is 4.98 Å². The number of aromatic nitrogens is 1. The minimum atomic E-state index is 0.0139. The molecule has 1 aromatic heterocycles. The number of pyridine rings is 1. The number of Topliss-reactive ketones (excluding diaryl/α,β-unsaturated/α-hetero) is 2. The Morgan fingerprint density at radius 1 is 0.852 bits per heavy atom. The van der Waals surface area contributed by atoms with E-state index in [9.17, 15) is 9.59 Å². The third-order valence-corrected chi connectivity index (χ3v) is 4.10. The Kier molecular flexibility index (Phi) is 7.48. The van der Waals surface area contributed by atoms with Crippen LogP contribution in [0.5, 0.6) is 17.4 Å². The molecule has 0 aliphatic rings. The fourth-order valence-electron chi connectivity index (χ4n) is 2.00. The molecule has 6 heteroatoms. The molecule has 1 N–H and O–H groups in total. The quantitative estimate of drug-likeness (QED) is 0.411. The van der Waals surface area contributed by atoms with Crippen molar-refractivity contribution in [3.63, 3.8) is 0 Å². The Hall–Kier alpha value is -2.74. The highest BCUT2D eigenvalue weighted by molar-refractivity contribution is 14.1. The Balaban J connectivity index is 0.000000223. The van der Waals surface area contributed by atoms with Gasteiger partial charge in [0.05, 0.1) is 0 Å². The maximum absolute atomic E-state index is 11.1. The highest BCUT2D eigenvalue weighted by atomic mass is 127. The number of phenolic OH excluding ortho intramolecular Hbond substituents is 1. The number of hydrogen-bond acceptors (Lipinski definition) is 5. The largest absolute Gasteiger partial charge is 0.508 e. The predicted molar refractivity (Wildman–Crippen MR) is 112 cm³/mol. The second-order valence-corrected chi connectivity index (χ2v) is 6.85. The van der Waals surface area contributed by atoms with Gasteiger partial charge in [0.1, 0.15) is 11.5 Å². The van der Waals surface area contributed by atoms with Crippen LogP contribution < -0.4 is 4.74 Å². The van der Waals surface area contributed by atoms with E-state index in [1.807, 2.05) is 6.07 Å². The van der Waals surface area contributed by atoms with E-state index in [1.165, 1.54) is 26.0 Å². The molecule has 0 spiro atoms. The van der Waals surface area contributed by atoms with E-state index in [0.29, 0.717) is 22.8 Å². The van der Waals surface area contributed by atoms with Crippen molar-refractivity contribution < 1.29 is 19.4 Å². The van der Waals surface area contributed by atoms with Crippen molar-refractivity contribution in [2.45, 2.75) is 13.8 Å². The van der Waals surface area contributed by atoms with Crippen LogP contribution >= 0.6 is 22.6 Å². The van der Waals surface area contributed by atoms with Crippen molar-refractivity contribution in [2.75, 3.05) is 0 Å². The van der Waals surface area contributed by atoms with E-state index in [-0.39, 0.29) is 17.3 Å². The van der Waals surface area contributed by atoms with Crippen molar-refractivity contribution in [1.29, 1.82) is 0 Å². The smallest absolute Gasteiger partial charge is 0.219 e. The van der Waals surface area contributed by atoms with Crippen LogP contribution in [0.25, 0.3) is 0 Å². The van der Waals surface area contributed by atoms with Crippen molar-refractivity contribution in [3.8, 4) is 17.4 Å². The van der Waals surface area contributed by atoms with Gasteiger partial charge in [0.2, 0.25) is 5.88 Å². The summed E-state index contributed by atoms with van der Waals surface area (Å²) < 4.78 is 6.60. The van der Waals surface area contributed by atoms with Crippen LogP contribution in [0.4, 0.5) is 0 Å². The SMILES string of the molecule is CC(=O)c1ccc(O)cc1.CC(=O)c1ccc(Oc2ccc(I)cn2)cc1. The highest BCUT2D eigenvalue weighted by Gasteiger charge is 2.01. The molecular weight excluding hydrogens is 457 g/mol. The highest BCUT2D eigenvalue weighted by Crippen LogP contribution is 2.20. The number of aromatic hydroxyl groups is 1. The van der Waals surface area contributed by atoms with E-state index in [1.54, 1.807) is 48.7 Å². The van der Waals surface area contributed by atoms with Gasteiger partial charge >= 0.3 is 0 Å². The molecular formula is C21H18INO4. The van der Waals surface area contributed by atoms with Crippen molar-refractivity contribution in [3.05, 3.63) is 81.6 Å². The summed E-state index contributed by atoms with van der Waals surface area (Å²) in [5, 5.41) is 8.83. The Morgan fingerprint density at radius 2 is 1.37 bits per heavy atom. The lowest BCUT2D eigenvalue weighted by atomic mass is 10.1. The van der Waals surface area contributed by atoms with Gasteiger partial charge in [-0.1, -0.05) is 0 Å². The summed E-state index contributed by atoms with van der Waals surface area (Å²) >= 11 is 2.18. The summed E-state index contributed by atoms with van der Waals surface area (Å²) in [5.74, 6) is 1.46. The van der Waals surface area contributed by atoms with Gasteiger partial charge in [0.25, 0.3) is 0 Å². The van der Waals surface area contributed by atoms with E-state index < -0.39 is 0 Å². The van der Waals surface area contributed by atoms with Gasteiger partial charge < -0.3 is 9.84 Å². The first-order chi connectivity index (χ1) is 12.8. The first-order valence-electron chi connectivity index (χ1n) is 8.05. The molecule has 2 aromatic carbocycles. The third-order valence-electron chi connectivity index (χ3n) is 3.46. The molecule has 0 saturated heterocycles. The van der Waals surface area contributed by atoms with E-state index in [2.05, 4.69) is 27.6 Å². The molecule has 0 fully saturated rings. The molecule has 0 atom stereocenters. The van der Waals surface area contributed by atoms with Crippen LogP contribution in [-0.4, -0.2) is 21.7 Å². The Bertz CT molecular complexity index is 904. The van der Waals surface area contributed by atoms with Gasteiger partial charge in [-0.05, 0) is 91.0 Å². The van der Waals surface area contributed by atoms with Crippen molar-refractivity contribution in [2.24, 2.45) is 0 Å². The lowest BCUT2D eigenvalue weighted by molar-refractivity contribution is 0.100. The van der Waals surface area contributed by atoms with E-state index in [0.717, 1.165) is 3.57 Å². The molecule has 27 heavy (non-hydrogen) atoms. The van der Waals surface area contributed by atoms with Crippen LogP contribution in [-0.2, 0) is 0 Å². The van der Waals surface area contributed by atoms with Crippen LogP contribution in [0.3, 0.4) is 0 Å². The molecule has 0 aliphatic heterocycles. The lowest BCUT2D eigenvalue weighted by Gasteiger charge is -2.04. The number of phenols is 1. The number of ether oxygens (including phenoxy) is 1. The summed E-state index contributed by atoms with van der Waals surface area (Å²) in [4.78, 5) is 25.9. The Morgan fingerprint density at radius 3 is 1.81 bits per heavy atom. The topological polar surface area (TPSA) is 76.5 Å². The summed E-state index contributed by atoms with van der Waals surface area (Å²) in [5.41, 5.74) is 1.30. The molecule has 1 heterocycles. The fraction of sp³-hybridized carbons (Fsp3) is 0.0952. The minimum absolute atomic E-state index is 0.0139. The summed E-state index contributed by atoms with van der Waals surface area (Å²) in [6, 6.07) is 16.9. The molecule has 3 aromatic rings. The fourth-order valence-corrected chi connectivity index (χ4v) is 2.32. The first-order valence-corrected chi connectivity index (χ1v) is 9.13. The third kappa shape index (κ3) is 6.82. The molecule has 138 valence electrons. The van der Waals surface area contributed by atoms with Crippen LogP contribution in [0, 0.1) is 3.57 Å². The monoisotopic (exact) mass is 475 g/mol. The second-order valence-electron chi connectivity index (χ2n) is 5.60. The average Bonchev–Trinajstić information content (AvgIpc) is 2.65.